The predicted octanol–water partition coefficient (Wildman–Crippen LogP) is 1.08. The molecule has 0 fully saturated rings. The topological polar surface area (TPSA) is 38.5 Å². The number of ether oxygens (including phenoxy) is 1. The SMILES string of the molecule is COC(C)CN(CCCN)C(C)C. The van der Waals surface area contributed by atoms with Gasteiger partial charge in [0.2, 0.25) is 0 Å². The Bertz CT molecular complexity index is 117. The molecule has 0 bridgehead atoms. The van der Waals surface area contributed by atoms with Crippen LogP contribution in [0.15, 0.2) is 0 Å². The molecule has 1 atom stereocenters. The minimum atomic E-state index is 0.306. The molecule has 80 valence electrons. The molecule has 1 unspecified atom stereocenters. The minimum absolute atomic E-state index is 0.306. The van der Waals surface area contributed by atoms with Gasteiger partial charge in [-0.15, -0.1) is 0 Å². The summed E-state index contributed by atoms with van der Waals surface area (Å²) in [6.07, 6.45) is 1.37. The van der Waals surface area contributed by atoms with Crippen molar-refractivity contribution in [3.05, 3.63) is 0 Å². The van der Waals surface area contributed by atoms with Crippen LogP contribution in [-0.4, -0.2) is 43.8 Å². The maximum atomic E-state index is 5.48. The van der Waals surface area contributed by atoms with Gasteiger partial charge in [-0.05, 0) is 40.3 Å². The summed E-state index contributed by atoms with van der Waals surface area (Å²) in [6, 6.07) is 0.573. The van der Waals surface area contributed by atoms with Crippen LogP contribution in [-0.2, 0) is 4.74 Å². The van der Waals surface area contributed by atoms with Crippen molar-refractivity contribution in [1.82, 2.24) is 4.90 Å². The molecular weight excluding hydrogens is 164 g/mol. The quantitative estimate of drug-likeness (QED) is 0.650. The highest BCUT2D eigenvalue weighted by Gasteiger charge is 2.11. The first-order chi connectivity index (χ1) is 6.11. The van der Waals surface area contributed by atoms with Crippen LogP contribution in [0.25, 0.3) is 0 Å². The molecule has 0 aromatic rings. The molecule has 3 nitrogen and oxygen atoms in total. The van der Waals surface area contributed by atoms with E-state index in [9.17, 15) is 0 Å². The summed E-state index contributed by atoms with van der Waals surface area (Å²) in [5.74, 6) is 0. The summed E-state index contributed by atoms with van der Waals surface area (Å²) in [5.41, 5.74) is 5.48. The lowest BCUT2D eigenvalue weighted by Crippen LogP contribution is -2.38. The van der Waals surface area contributed by atoms with Crippen molar-refractivity contribution >= 4 is 0 Å². The Labute approximate surface area is 82.2 Å². The molecule has 0 aliphatic heterocycles. The van der Waals surface area contributed by atoms with Crippen LogP contribution >= 0.6 is 0 Å². The Morgan fingerprint density at radius 2 is 1.92 bits per heavy atom. The molecule has 0 aromatic carbocycles. The first-order valence-electron chi connectivity index (χ1n) is 5.08. The van der Waals surface area contributed by atoms with Crippen molar-refractivity contribution in [2.75, 3.05) is 26.7 Å². The molecule has 3 heteroatoms. The zero-order valence-electron chi connectivity index (χ0n) is 9.42. The molecular formula is C10H24N2O. The van der Waals surface area contributed by atoms with Gasteiger partial charge < -0.3 is 10.5 Å². The van der Waals surface area contributed by atoms with E-state index in [-0.39, 0.29) is 0 Å². The summed E-state index contributed by atoms with van der Waals surface area (Å²) in [6.45, 7) is 9.34. The number of hydrogen-bond donors (Lipinski definition) is 1. The van der Waals surface area contributed by atoms with Crippen LogP contribution in [0.2, 0.25) is 0 Å². The average Bonchev–Trinajstić information content (AvgIpc) is 2.11. The predicted molar refractivity (Wildman–Crippen MR) is 56.9 cm³/mol. The largest absolute Gasteiger partial charge is 0.380 e. The lowest BCUT2D eigenvalue weighted by atomic mass is 10.2. The van der Waals surface area contributed by atoms with Crippen LogP contribution < -0.4 is 5.73 Å². The molecule has 0 radical (unpaired) electrons. The van der Waals surface area contributed by atoms with Gasteiger partial charge >= 0.3 is 0 Å². The fourth-order valence-electron chi connectivity index (χ4n) is 1.26. The zero-order chi connectivity index (χ0) is 10.3. The summed E-state index contributed by atoms with van der Waals surface area (Å²) in [5, 5.41) is 0. The molecule has 13 heavy (non-hydrogen) atoms. The standard InChI is InChI=1S/C10H24N2O/c1-9(2)12(7-5-6-11)8-10(3)13-4/h9-10H,5-8,11H2,1-4H3. The highest BCUT2D eigenvalue weighted by molar-refractivity contribution is 4.66. The number of methoxy groups -OCH3 is 1. The molecule has 2 N–H and O–H groups in total. The third kappa shape index (κ3) is 6.02. The van der Waals surface area contributed by atoms with Gasteiger partial charge in [-0.1, -0.05) is 0 Å². The summed E-state index contributed by atoms with van der Waals surface area (Å²) < 4.78 is 5.24. The maximum Gasteiger partial charge on any atom is 0.0670 e. The Hall–Kier alpha value is -0.120. The lowest BCUT2D eigenvalue weighted by Gasteiger charge is -2.28. The van der Waals surface area contributed by atoms with E-state index < -0.39 is 0 Å². The molecule has 0 spiro atoms. The van der Waals surface area contributed by atoms with Gasteiger partial charge in [0.25, 0.3) is 0 Å². The zero-order valence-corrected chi connectivity index (χ0v) is 9.42. The van der Waals surface area contributed by atoms with Crippen molar-refractivity contribution in [2.24, 2.45) is 5.73 Å². The number of nitrogens with zero attached hydrogens (tertiary/aromatic N) is 1. The Kier molecular flexibility index (Phi) is 7.23. The van der Waals surface area contributed by atoms with Gasteiger partial charge in [0.1, 0.15) is 0 Å². The van der Waals surface area contributed by atoms with Crippen LogP contribution in [0.5, 0.6) is 0 Å². The van der Waals surface area contributed by atoms with Crippen molar-refractivity contribution in [3.8, 4) is 0 Å². The Morgan fingerprint density at radius 1 is 1.31 bits per heavy atom. The van der Waals surface area contributed by atoms with E-state index in [0.29, 0.717) is 12.1 Å². The molecule has 0 heterocycles. The van der Waals surface area contributed by atoms with E-state index in [2.05, 4.69) is 25.7 Å². The van der Waals surface area contributed by atoms with Gasteiger partial charge in [-0.2, -0.15) is 0 Å². The van der Waals surface area contributed by atoms with Crippen LogP contribution in [0.1, 0.15) is 27.2 Å². The van der Waals surface area contributed by atoms with Crippen LogP contribution in [0.4, 0.5) is 0 Å². The van der Waals surface area contributed by atoms with Crippen molar-refractivity contribution in [2.45, 2.75) is 39.3 Å². The van der Waals surface area contributed by atoms with E-state index in [4.69, 9.17) is 10.5 Å². The highest BCUT2D eigenvalue weighted by atomic mass is 16.5. The van der Waals surface area contributed by atoms with Crippen LogP contribution in [0, 0.1) is 0 Å². The van der Waals surface area contributed by atoms with Crippen LogP contribution in [0.3, 0.4) is 0 Å². The third-order valence-electron chi connectivity index (χ3n) is 2.27. The summed E-state index contributed by atoms with van der Waals surface area (Å²) in [7, 11) is 1.76. The van der Waals surface area contributed by atoms with Crippen molar-refractivity contribution < 1.29 is 4.74 Å². The first kappa shape index (κ1) is 12.9. The van der Waals surface area contributed by atoms with Crippen molar-refractivity contribution in [1.29, 1.82) is 0 Å². The number of nitrogens with two attached hydrogens (primary N) is 1. The maximum absolute atomic E-state index is 5.48. The molecule has 0 aliphatic carbocycles. The number of rotatable bonds is 7. The highest BCUT2D eigenvalue weighted by Crippen LogP contribution is 2.02. The van der Waals surface area contributed by atoms with E-state index in [0.717, 1.165) is 26.1 Å². The fraction of sp³-hybridized carbons (Fsp3) is 1.00. The monoisotopic (exact) mass is 188 g/mol. The van der Waals surface area contributed by atoms with Gasteiger partial charge in [0.15, 0.2) is 0 Å². The van der Waals surface area contributed by atoms with Gasteiger partial charge in [0.05, 0.1) is 6.10 Å². The second kappa shape index (κ2) is 7.30. The molecule has 0 rings (SSSR count). The van der Waals surface area contributed by atoms with E-state index in [1.54, 1.807) is 7.11 Å². The Morgan fingerprint density at radius 3 is 2.31 bits per heavy atom. The smallest absolute Gasteiger partial charge is 0.0670 e. The average molecular weight is 188 g/mol. The van der Waals surface area contributed by atoms with Gasteiger partial charge in [-0.25, -0.2) is 0 Å². The summed E-state index contributed by atoms with van der Waals surface area (Å²) >= 11 is 0. The second-order valence-electron chi connectivity index (χ2n) is 3.78. The molecule has 0 aromatic heterocycles. The van der Waals surface area contributed by atoms with Crippen molar-refractivity contribution in [3.63, 3.8) is 0 Å². The third-order valence-corrected chi connectivity index (χ3v) is 2.27. The number of hydrogen-bond acceptors (Lipinski definition) is 3. The second-order valence-corrected chi connectivity index (χ2v) is 3.78. The Balaban J connectivity index is 3.79. The molecule has 0 amide bonds. The van der Waals surface area contributed by atoms with E-state index in [1.807, 2.05) is 0 Å². The van der Waals surface area contributed by atoms with Gasteiger partial charge in [0, 0.05) is 19.7 Å². The normalized spacial score (nSPS) is 14.1. The fourth-order valence-corrected chi connectivity index (χ4v) is 1.26. The van der Waals surface area contributed by atoms with E-state index >= 15 is 0 Å². The summed E-state index contributed by atoms with van der Waals surface area (Å²) in [4.78, 5) is 2.40. The lowest BCUT2D eigenvalue weighted by molar-refractivity contribution is 0.0653. The minimum Gasteiger partial charge on any atom is -0.380 e. The van der Waals surface area contributed by atoms with E-state index in [1.165, 1.54) is 0 Å². The van der Waals surface area contributed by atoms with Gasteiger partial charge in [-0.3, -0.25) is 4.90 Å². The first-order valence-corrected chi connectivity index (χ1v) is 5.08. The molecule has 0 saturated heterocycles. The molecule has 0 saturated carbocycles. The molecule has 0 aliphatic rings.